The molecule has 0 atom stereocenters. The molecule has 0 amide bonds. The van der Waals surface area contributed by atoms with Gasteiger partial charge in [-0.05, 0) is 46.1 Å². The number of hydrogen-bond donors (Lipinski definition) is 2. The second-order valence-electron chi connectivity index (χ2n) is 5.52. The van der Waals surface area contributed by atoms with Crippen LogP contribution >= 0.6 is 23.2 Å². The van der Waals surface area contributed by atoms with E-state index in [9.17, 15) is 0 Å². The van der Waals surface area contributed by atoms with E-state index in [0.717, 1.165) is 31.0 Å². The van der Waals surface area contributed by atoms with Gasteiger partial charge in [-0.1, -0.05) is 29.3 Å². The van der Waals surface area contributed by atoms with E-state index in [-0.39, 0.29) is 0 Å². The lowest BCUT2D eigenvalue weighted by molar-refractivity contribution is 0.405. The summed E-state index contributed by atoms with van der Waals surface area (Å²) in [5.41, 5.74) is 1.47. The van der Waals surface area contributed by atoms with Crippen molar-refractivity contribution >= 4 is 40.7 Å². The van der Waals surface area contributed by atoms with E-state index < -0.39 is 0 Å². The molecule has 1 aromatic heterocycles. The number of aromatic nitrogens is 2. The quantitative estimate of drug-likeness (QED) is 0.730. The van der Waals surface area contributed by atoms with E-state index in [1.807, 2.05) is 13.0 Å². The standard InChI is InChI=1S/C16H21Cl2N5/c1-11-10-14(19-8-5-9-23(2)3)21-16(20-11)22-15-12(17)6-4-7-13(15)18/h4,6-7,10H,5,8-9H2,1-3H3,(H2,19,20,21,22). The number of aryl methyl sites for hydroxylation is 1. The first-order valence-electron chi connectivity index (χ1n) is 7.41. The van der Waals surface area contributed by atoms with Crippen molar-refractivity contribution in [3.8, 4) is 0 Å². The fourth-order valence-electron chi connectivity index (χ4n) is 2.06. The van der Waals surface area contributed by atoms with Crippen LogP contribution in [-0.2, 0) is 0 Å². The molecule has 5 nitrogen and oxygen atoms in total. The van der Waals surface area contributed by atoms with Crippen molar-refractivity contribution in [2.75, 3.05) is 37.8 Å². The first-order chi connectivity index (χ1) is 11.0. The van der Waals surface area contributed by atoms with Crippen molar-refractivity contribution in [2.45, 2.75) is 13.3 Å². The summed E-state index contributed by atoms with van der Waals surface area (Å²) in [6.45, 7) is 3.80. The van der Waals surface area contributed by atoms with Crippen LogP contribution in [0.4, 0.5) is 17.5 Å². The molecule has 124 valence electrons. The predicted molar refractivity (Wildman–Crippen MR) is 98.2 cm³/mol. The summed E-state index contributed by atoms with van der Waals surface area (Å²) >= 11 is 12.3. The second kappa shape index (κ2) is 8.34. The summed E-state index contributed by atoms with van der Waals surface area (Å²) < 4.78 is 0. The molecule has 0 saturated carbocycles. The van der Waals surface area contributed by atoms with Crippen molar-refractivity contribution < 1.29 is 0 Å². The Morgan fingerprint density at radius 2 is 1.83 bits per heavy atom. The molecule has 0 bridgehead atoms. The van der Waals surface area contributed by atoms with Crippen molar-refractivity contribution in [1.82, 2.24) is 14.9 Å². The van der Waals surface area contributed by atoms with Crippen LogP contribution in [0.5, 0.6) is 0 Å². The van der Waals surface area contributed by atoms with Gasteiger partial charge in [-0.25, -0.2) is 4.98 Å². The number of para-hydroxylation sites is 1. The third kappa shape index (κ3) is 5.53. The molecule has 2 rings (SSSR count). The fourth-order valence-corrected chi connectivity index (χ4v) is 2.55. The Balaban J connectivity index is 2.08. The van der Waals surface area contributed by atoms with Crippen molar-refractivity contribution in [1.29, 1.82) is 0 Å². The molecule has 0 aliphatic heterocycles. The Kier molecular flexibility index (Phi) is 6.45. The molecule has 2 aromatic rings. The number of rotatable bonds is 7. The zero-order valence-electron chi connectivity index (χ0n) is 13.5. The van der Waals surface area contributed by atoms with Gasteiger partial charge in [-0.15, -0.1) is 0 Å². The van der Waals surface area contributed by atoms with Crippen LogP contribution < -0.4 is 10.6 Å². The number of benzene rings is 1. The van der Waals surface area contributed by atoms with Gasteiger partial charge < -0.3 is 15.5 Å². The van der Waals surface area contributed by atoms with Gasteiger partial charge >= 0.3 is 0 Å². The number of anilines is 3. The SMILES string of the molecule is Cc1cc(NCCCN(C)C)nc(Nc2c(Cl)cccc2Cl)n1. The van der Waals surface area contributed by atoms with Crippen LogP contribution in [-0.4, -0.2) is 42.1 Å². The van der Waals surface area contributed by atoms with Gasteiger partial charge in [0, 0.05) is 18.3 Å². The summed E-state index contributed by atoms with van der Waals surface area (Å²) in [6.07, 6.45) is 1.04. The second-order valence-corrected chi connectivity index (χ2v) is 6.34. The van der Waals surface area contributed by atoms with Crippen LogP contribution in [0.15, 0.2) is 24.3 Å². The predicted octanol–water partition coefficient (Wildman–Crippen LogP) is 4.20. The monoisotopic (exact) mass is 353 g/mol. The molecule has 0 radical (unpaired) electrons. The molecule has 0 aliphatic carbocycles. The van der Waals surface area contributed by atoms with E-state index in [1.54, 1.807) is 18.2 Å². The summed E-state index contributed by atoms with van der Waals surface area (Å²) in [4.78, 5) is 11.0. The molecule has 0 unspecified atom stereocenters. The van der Waals surface area contributed by atoms with Crippen LogP contribution in [0, 0.1) is 6.92 Å². The molecule has 0 aliphatic rings. The zero-order chi connectivity index (χ0) is 16.8. The lowest BCUT2D eigenvalue weighted by Gasteiger charge is -2.13. The highest BCUT2D eigenvalue weighted by atomic mass is 35.5. The number of nitrogens with zero attached hydrogens (tertiary/aromatic N) is 3. The average molecular weight is 354 g/mol. The number of halogens is 2. The molecule has 1 aromatic carbocycles. The van der Waals surface area contributed by atoms with Gasteiger partial charge in [0.05, 0.1) is 15.7 Å². The van der Waals surface area contributed by atoms with Crippen LogP contribution in [0.3, 0.4) is 0 Å². The Hall–Kier alpha value is -1.56. The Morgan fingerprint density at radius 1 is 1.13 bits per heavy atom. The fraction of sp³-hybridized carbons (Fsp3) is 0.375. The minimum atomic E-state index is 0.468. The molecule has 1 heterocycles. The van der Waals surface area contributed by atoms with Gasteiger partial charge in [-0.2, -0.15) is 4.98 Å². The van der Waals surface area contributed by atoms with Gasteiger partial charge in [0.2, 0.25) is 5.95 Å². The topological polar surface area (TPSA) is 53.1 Å². The van der Waals surface area contributed by atoms with E-state index in [2.05, 4.69) is 39.6 Å². The highest BCUT2D eigenvalue weighted by molar-refractivity contribution is 6.39. The van der Waals surface area contributed by atoms with E-state index in [0.29, 0.717) is 21.7 Å². The lowest BCUT2D eigenvalue weighted by Crippen LogP contribution is -2.17. The van der Waals surface area contributed by atoms with E-state index >= 15 is 0 Å². The maximum absolute atomic E-state index is 6.17. The Bertz CT molecular complexity index is 641. The number of nitrogens with one attached hydrogen (secondary N) is 2. The molecular weight excluding hydrogens is 333 g/mol. The molecular formula is C16H21Cl2N5. The van der Waals surface area contributed by atoms with Crippen molar-refractivity contribution in [3.05, 3.63) is 40.0 Å². The van der Waals surface area contributed by atoms with Crippen LogP contribution in [0.2, 0.25) is 10.0 Å². The van der Waals surface area contributed by atoms with E-state index in [1.165, 1.54) is 0 Å². The highest BCUT2D eigenvalue weighted by Gasteiger charge is 2.08. The molecule has 2 N–H and O–H groups in total. The largest absolute Gasteiger partial charge is 0.370 e. The summed E-state index contributed by atoms with van der Waals surface area (Å²) in [6, 6.07) is 7.25. The number of hydrogen-bond acceptors (Lipinski definition) is 5. The lowest BCUT2D eigenvalue weighted by atomic mass is 10.3. The summed E-state index contributed by atoms with van der Waals surface area (Å²) in [7, 11) is 4.12. The Morgan fingerprint density at radius 3 is 2.48 bits per heavy atom. The Labute approximate surface area is 147 Å². The summed E-state index contributed by atoms with van der Waals surface area (Å²) in [5, 5.41) is 7.47. The van der Waals surface area contributed by atoms with Gasteiger partial charge in [0.15, 0.2) is 0 Å². The minimum absolute atomic E-state index is 0.468. The van der Waals surface area contributed by atoms with E-state index in [4.69, 9.17) is 23.2 Å². The minimum Gasteiger partial charge on any atom is -0.370 e. The third-order valence-corrected chi connectivity index (χ3v) is 3.77. The highest BCUT2D eigenvalue weighted by Crippen LogP contribution is 2.31. The average Bonchev–Trinajstić information content (AvgIpc) is 2.47. The first kappa shape index (κ1) is 17.8. The first-order valence-corrected chi connectivity index (χ1v) is 8.16. The van der Waals surface area contributed by atoms with Crippen molar-refractivity contribution in [3.63, 3.8) is 0 Å². The summed E-state index contributed by atoms with van der Waals surface area (Å²) in [5.74, 6) is 1.25. The van der Waals surface area contributed by atoms with Crippen molar-refractivity contribution in [2.24, 2.45) is 0 Å². The molecule has 0 fully saturated rings. The van der Waals surface area contributed by atoms with Crippen LogP contribution in [0.25, 0.3) is 0 Å². The molecule has 7 heteroatoms. The van der Waals surface area contributed by atoms with Gasteiger partial charge in [-0.3, -0.25) is 0 Å². The molecule has 0 saturated heterocycles. The maximum atomic E-state index is 6.17. The molecule has 0 spiro atoms. The zero-order valence-corrected chi connectivity index (χ0v) is 15.0. The normalized spacial score (nSPS) is 10.9. The molecule has 23 heavy (non-hydrogen) atoms. The van der Waals surface area contributed by atoms with Gasteiger partial charge in [0.1, 0.15) is 5.82 Å². The third-order valence-electron chi connectivity index (χ3n) is 3.14. The maximum Gasteiger partial charge on any atom is 0.229 e. The van der Waals surface area contributed by atoms with Gasteiger partial charge in [0.25, 0.3) is 0 Å². The van der Waals surface area contributed by atoms with Crippen LogP contribution in [0.1, 0.15) is 12.1 Å². The smallest absolute Gasteiger partial charge is 0.229 e.